The third-order valence-corrected chi connectivity index (χ3v) is 9.58. The van der Waals surface area contributed by atoms with Gasteiger partial charge in [-0.05, 0) is 53.8 Å². The molecule has 4 heterocycles. The molecule has 1 saturated heterocycles. The van der Waals surface area contributed by atoms with E-state index in [9.17, 15) is 8.42 Å². The predicted octanol–water partition coefficient (Wildman–Crippen LogP) is -0.299. The van der Waals surface area contributed by atoms with Crippen LogP contribution in [0.1, 0.15) is 23.1 Å². The lowest BCUT2D eigenvalue weighted by atomic mass is 9.49. The van der Waals surface area contributed by atoms with Crippen LogP contribution in [-0.4, -0.2) is 83.9 Å². The van der Waals surface area contributed by atoms with Crippen LogP contribution in [0.15, 0.2) is 72.3 Å². The standard InChI is InChI=1S/C26H31B3N8O2S/c1-18-10-23-20(13-32-37(23)21-14-31-36(16-21)26(27,28)29)11-22(18)25(12-19-6-4-3-5-7-19)8-9-35(17-25)40(38,39)24-15-30-34(2)33-24/h3-7,10-11,13-16H,8-9,12,17,27-29H2,1-2H3. The molecule has 40 heavy (non-hydrogen) atoms. The van der Waals surface area contributed by atoms with Crippen molar-refractivity contribution in [3.8, 4) is 5.69 Å². The van der Waals surface area contributed by atoms with Gasteiger partial charge in [-0.25, -0.2) is 13.1 Å². The number of nitrogens with zero attached hydrogens (tertiary/aromatic N) is 8. The van der Waals surface area contributed by atoms with E-state index in [4.69, 9.17) is 5.10 Å². The Hall–Kier alpha value is -3.64. The average Bonchev–Trinajstić information content (AvgIpc) is 3.70. The van der Waals surface area contributed by atoms with Gasteiger partial charge >= 0.3 is 0 Å². The quantitative estimate of drug-likeness (QED) is 0.257. The van der Waals surface area contributed by atoms with Crippen LogP contribution >= 0.6 is 0 Å². The monoisotopic (exact) mass is 552 g/mol. The lowest BCUT2D eigenvalue weighted by molar-refractivity contribution is 0.412. The minimum Gasteiger partial charge on any atom is -0.288 e. The van der Waals surface area contributed by atoms with Gasteiger partial charge in [0.05, 0.1) is 24.1 Å². The van der Waals surface area contributed by atoms with Crippen LogP contribution in [0.5, 0.6) is 0 Å². The highest BCUT2D eigenvalue weighted by molar-refractivity contribution is 7.89. The third kappa shape index (κ3) is 4.58. The van der Waals surface area contributed by atoms with Crippen LogP contribution in [-0.2, 0) is 34.1 Å². The molecule has 0 saturated carbocycles. The molecule has 1 atom stereocenters. The Kier molecular flexibility index (Phi) is 6.30. The van der Waals surface area contributed by atoms with E-state index < -0.39 is 15.4 Å². The van der Waals surface area contributed by atoms with E-state index in [2.05, 4.69) is 70.0 Å². The molecule has 1 aliphatic heterocycles. The fraction of sp³-hybridized carbons (Fsp3) is 0.308. The number of sulfonamides is 1. The first-order valence-electron chi connectivity index (χ1n) is 13.4. The minimum atomic E-state index is -3.77. The number of aryl methyl sites for hydroxylation is 2. The molecule has 0 radical (unpaired) electrons. The SMILES string of the molecule is BC(B)(B)n1cc(-n2ncc3cc(C4(Cc5ccccc5)CCN(S(=O)(=O)c5cnn(C)n5)C4)c(C)cc32)cn1. The molecule has 1 aliphatic rings. The Labute approximate surface area is 236 Å². The molecule has 10 nitrogen and oxygen atoms in total. The van der Waals surface area contributed by atoms with Gasteiger partial charge in [0, 0.05) is 37.1 Å². The van der Waals surface area contributed by atoms with Gasteiger partial charge < -0.3 is 0 Å². The van der Waals surface area contributed by atoms with Crippen LogP contribution in [0.4, 0.5) is 0 Å². The van der Waals surface area contributed by atoms with Crippen LogP contribution in [0.25, 0.3) is 16.6 Å². The molecule has 0 bridgehead atoms. The van der Waals surface area contributed by atoms with Crippen molar-refractivity contribution in [2.24, 2.45) is 7.05 Å². The topological polar surface area (TPSA) is 104 Å². The lowest BCUT2D eigenvalue weighted by Gasteiger charge is -2.32. The first-order valence-corrected chi connectivity index (χ1v) is 14.9. The molecular weight excluding hydrogens is 521 g/mol. The Morgan fingerprint density at radius 2 is 1.80 bits per heavy atom. The number of hydrogen-bond acceptors (Lipinski definition) is 6. The van der Waals surface area contributed by atoms with E-state index in [1.54, 1.807) is 11.4 Å². The maximum Gasteiger partial charge on any atom is 0.264 e. The Morgan fingerprint density at radius 1 is 1.02 bits per heavy atom. The summed E-state index contributed by atoms with van der Waals surface area (Å²) >= 11 is 0. The van der Waals surface area contributed by atoms with Crippen molar-refractivity contribution < 1.29 is 8.42 Å². The summed E-state index contributed by atoms with van der Waals surface area (Å²) in [4.78, 5) is 1.28. The van der Waals surface area contributed by atoms with Crippen LogP contribution in [0, 0.1) is 6.92 Å². The smallest absolute Gasteiger partial charge is 0.264 e. The second-order valence-corrected chi connectivity index (χ2v) is 13.7. The summed E-state index contributed by atoms with van der Waals surface area (Å²) < 4.78 is 32.5. The number of aromatic nitrogens is 7. The fourth-order valence-electron chi connectivity index (χ4n) is 5.81. The van der Waals surface area contributed by atoms with Crippen molar-refractivity contribution in [1.82, 2.24) is 38.9 Å². The zero-order chi connectivity index (χ0) is 28.3. The van der Waals surface area contributed by atoms with E-state index in [0.29, 0.717) is 19.5 Å². The molecule has 2 aromatic carbocycles. The van der Waals surface area contributed by atoms with Crippen molar-refractivity contribution in [1.29, 1.82) is 0 Å². The summed E-state index contributed by atoms with van der Waals surface area (Å²) in [5.74, 6) is 0. The van der Waals surface area contributed by atoms with E-state index in [1.807, 2.05) is 46.2 Å². The zero-order valence-electron chi connectivity index (χ0n) is 23.5. The minimum absolute atomic E-state index is 0.0187. The first kappa shape index (κ1) is 26.6. The molecule has 6 rings (SSSR count). The summed E-state index contributed by atoms with van der Waals surface area (Å²) in [5, 5.41) is 18.2. The molecule has 3 aromatic heterocycles. The summed E-state index contributed by atoms with van der Waals surface area (Å²) in [6, 6.07) is 14.7. The van der Waals surface area contributed by atoms with Crippen molar-refractivity contribution in [3.63, 3.8) is 0 Å². The average molecular weight is 552 g/mol. The molecule has 0 spiro atoms. The molecule has 0 aliphatic carbocycles. The zero-order valence-corrected chi connectivity index (χ0v) is 24.3. The molecule has 202 valence electrons. The number of hydrogen-bond donors (Lipinski definition) is 0. The maximum atomic E-state index is 13.5. The van der Waals surface area contributed by atoms with Gasteiger partial charge in [0.25, 0.3) is 10.0 Å². The summed E-state index contributed by atoms with van der Waals surface area (Å²) in [7, 11) is 4.19. The van der Waals surface area contributed by atoms with Gasteiger partial charge in [-0.2, -0.15) is 24.4 Å². The van der Waals surface area contributed by atoms with Crippen molar-refractivity contribution in [2.45, 2.75) is 35.4 Å². The van der Waals surface area contributed by atoms with E-state index in [0.717, 1.165) is 34.1 Å². The number of benzene rings is 2. The van der Waals surface area contributed by atoms with E-state index >= 15 is 0 Å². The second kappa shape index (κ2) is 9.48. The van der Waals surface area contributed by atoms with Gasteiger partial charge in [0.2, 0.25) is 5.03 Å². The van der Waals surface area contributed by atoms with Crippen molar-refractivity contribution in [3.05, 3.63) is 83.9 Å². The Morgan fingerprint density at radius 3 is 2.48 bits per heavy atom. The lowest BCUT2D eigenvalue weighted by Crippen LogP contribution is -2.36. The Balaban J connectivity index is 1.42. The highest BCUT2D eigenvalue weighted by atomic mass is 32.2. The fourth-order valence-corrected chi connectivity index (χ4v) is 7.22. The van der Waals surface area contributed by atoms with Gasteiger partial charge in [-0.15, -0.1) is 5.10 Å². The van der Waals surface area contributed by atoms with Crippen molar-refractivity contribution >= 4 is 44.5 Å². The second-order valence-electron chi connectivity index (χ2n) is 11.8. The van der Waals surface area contributed by atoms with E-state index in [1.165, 1.54) is 16.6 Å². The summed E-state index contributed by atoms with van der Waals surface area (Å²) in [6.45, 7) is 2.88. The van der Waals surface area contributed by atoms with Crippen LogP contribution in [0.2, 0.25) is 0 Å². The van der Waals surface area contributed by atoms with Gasteiger partial charge in [0.1, 0.15) is 29.2 Å². The maximum absolute atomic E-state index is 13.5. The predicted molar refractivity (Wildman–Crippen MR) is 161 cm³/mol. The van der Waals surface area contributed by atoms with Crippen molar-refractivity contribution in [2.75, 3.05) is 13.1 Å². The highest BCUT2D eigenvalue weighted by Gasteiger charge is 2.45. The van der Waals surface area contributed by atoms with Gasteiger partial charge in [0.15, 0.2) is 0 Å². The molecule has 1 fully saturated rings. The summed E-state index contributed by atoms with van der Waals surface area (Å²) in [6.07, 6.45) is 8.47. The van der Waals surface area contributed by atoms with Gasteiger partial charge in [-0.3, -0.25) is 4.68 Å². The normalized spacial score (nSPS) is 18.6. The largest absolute Gasteiger partial charge is 0.288 e. The molecule has 0 N–H and O–H groups in total. The molecule has 14 heteroatoms. The molecule has 0 amide bonds. The number of fused-ring (bicyclic) bond motifs is 1. The number of rotatable bonds is 7. The Bertz CT molecular complexity index is 1810. The molecule has 5 aromatic rings. The van der Waals surface area contributed by atoms with E-state index in [-0.39, 0.29) is 10.3 Å². The first-order chi connectivity index (χ1) is 19.0. The summed E-state index contributed by atoms with van der Waals surface area (Å²) in [5.41, 5.74) is 4.90. The van der Waals surface area contributed by atoms with Crippen LogP contribution in [0.3, 0.4) is 0 Å². The van der Waals surface area contributed by atoms with Crippen LogP contribution < -0.4 is 0 Å². The molecule has 1 unspecified atom stereocenters. The highest BCUT2D eigenvalue weighted by Crippen LogP contribution is 2.42. The van der Waals surface area contributed by atoms with Gasteiger partial charge in [-0.1, -0.05) is 30.3 Å². The third-order valence-electron chi connectivity index (χ3n) is 7.87. The molecular formula is C26H31B3N8O2S.